The van der Waals surface area contributed by atoms with E-state index in [0.29, 0.717) is 12.8 Å². The second-order valence-electron chi connectivity index (χ2n) is 5.34. The number of aliphatic hydroxyl groups is 1. The Morgan fingerprint density at radius 3 is 2.57 bits per heavy atom. The summed E-state index contributed by atoms with van der Waals surface area (Å²) in [6, 6.07) is 12.2. The molecule has 2 nitrogen and oxygen atoms in total. The van der Waals surface area contributed by atoms with Crippen LogP contribution in [0.15, 0.2) is 45.3 Å². The highest BCUT2D eigenvalue weighted by atomic mass is 79.9. The average molecular weight is 412 g/mol. The molecular formula is C17H16Br2O2. The van der Waals surface area contributed by atoms with Gasteiger partial charge in [-0.2, -0.15) is 0 Å². The number of hydrogen-bond donors (Lipinski definition) is 1. The molecule has 0 aromatic heterocycles. The lowest BCUT2D eigenvalue weighted by molar-refractivity contribution is 0.174. The van der Waals surface area contributed by atoms with Crippen molar-refractivity contribution in [3.8, 4) is 5.75 Å². The van der Waals surface area contributed by atoms with Gasteiger partial charge in [0.05, 0.1) is 12.7 Å². The summed E-state index contributed by atoms with van der Waals surface area (Å²) in [5.74, 6) is 0.966. The Balaban J connectivity index is 1.73. The number of rotatable bonds is 4. The molecule has 2 aromatic rings. The number of halogens is 2. The molecule has 1 aliphatic heterocycles. The summed E-state index contributed by atoms with van der Waals surface area (Å²) in [5, 5.41) is 10.4. The maximum absolute atomic E-state index is 10.4. The zero-order valence-corrected chi connectivity index (χ0v) is 14.7. The van der Waals surface area contributed by atoms with E-state index in [2.05, 4.69) is 44.0 Å². The van der Waals surface area contributed by atoms with Crippen LogP contribution in [0.25, 0.3) is 0 Å². The second-order valence-corrected chi connectivity index (χ2v) is 7.17. The van der Waals surface area contributed by atoms with E-state index in [0.717, 1.165) is 38.8 Å². The first kappa shape index (κ1) is 15.1. The van der Waals surface area contributed by atoms with E-state index >= 15 is 0 Å². The van der Waals surface area contributed by atoms with Crippen molar-refractivity contribution in [2.75, 3.05) is 6.61 Å². The van der Waals surface area contributed by atoms with Gasteiger partial charge in [-0.25, -0.2) is 0 Å². The number of benzene rings is 2. The molecule has 1 atom stereocenters. The zero-order valence-electron chi connectivity index (χ0n) is 11.5. The Morgan fingerprint density at radius 2 is 1.81 bits per heavy atom. The molecule has 2 aromatic carbocycles. The molecule has 110 valence electrons. The number of hydrogen-bond acceptors (Lipinski definition) is 2. The minimum Gasteiger partial charge on any atom is -0.493 e. The molecule has 1 unspecified atom stereocenters. The van der Waals surface area contributed by atoms with Crippen molar-refractivity contribution in [1.29, 1.82) is 0 Å². The van der Waals surface area contributed by atoms with Crippen LogP contribution in [0.3, 0.4) is 0 Å². The molecule has 0 saturated heterocycles. The van der Waals surface area contributed by atoms with Crippen molar-refractivity contribution in [3.63, 3.8) is 0 Å². The van der Waals surface area contributed by atoms with Crippen molar-refractivity contribution in [2.24, 2.45) is 0 Å². The van der Waals surface area contributed by atoms with Crippen molar-refractivity contribution in [1.82, 2.24) is 0 Å². The third-order valence-electron chi connectivity index (χ3n) is 3.67. The van der Waals surface area contributed by atoms with Crippen LogP contribution in [-0.4, -0.2) is 17.8 Å². The van der Waals surface area contributed by atoms with Gasteiger partial charge >= 0.3 is 0 Å². The van der Waals surface area contributed by atoms with Gasteiger partial charge in [0, 0.05) is 21.8 Å². The lowest BCUT2D eigenvalue weighted by atomic mass is 9.99. The minimum absolute atomic E-state index is 0.409. The maximum atomic E-state index is 10.4. The summed E-state index contributed by atoms with van der Waals surface area (Å²) in [6.07, 6.45) is 1.80. The molecule has 21 heavy (non-hydrogen) atoms. The summed E-state index contributed by atoms with van der Waals surface area (Å²) in [6.45, 7) is 0.738. The Kier molecular flexibility index (Phi) is 4.67. The van der Waals surface area contributed by atoms with Crippen LogP contribution in [0.1, 0.15) is 16.7 Å². The summed E-state index contributed by atoms with van der Waals surface area (Å²) in [4.78, 5) is 0. The van der Waals surface area contributed by atoms with Gasteiger partial charge in [-0.1, -0.05) is 44.0 Å². The predicted octanol–water partition coefficient (Wildman–Crippen LogP) is 4.29. The van der Waals surface area contributed by atoms with Gasteiger partial charge in [-0.15, -0.1) is 0 Å². The molecule has 0 bridgehead atoms. The highest BCUT2D eigenvalue weighted by molar-refractivity contribution is 9.10. The van der Waals surface area contributed by atoms with E-state index in [1.165, 1.54) is 5.56 Å². The quantitative estimate of drug-likeness (QED) is 0.812. The standard InChI is InChI=1S/C17H16Br2O2/c18-14-3-1-11(2-4-14)7-16(20)10-13-9-15(19)8-12-5-6-21-17(12)13/h1-4,8-9,16,20H,5-7,10H2. The Morgan fingerprint density at radius 1 is 1.05 bits per heavy atom. The van der Waals surface area contributed by atoms with Gasteiger partial charge in [0.15, 0.2) is 0 Å². The fourth-order valence-corrected chi connectivity index (χ4v) is 3.53. The van der Waals surface area contributed by atoms with Gasteiger partial charge < -0.3 is 9.84 Å². The molecule has 1 aliphatic rings. The molecule has 0 fully saturated rings. The van der Waals surface area contributed by atoms with Gasteiger partial charge in [-0.05, 0) is 47.4 Å². The van der Waals surface area contributed by atoms with Crippen LogP contribution in [0.4, 0.5) is 0 Å². The number of ether oxygens (including phenoxy) is 1. The van der Waals surface area contributed by atoms with E-state index in [1.807, 2.05) is 24.3 Å². The fourth-order valence-electron chi connectivity index (χ4n) is 2.72. The van der Waals surface area contributed by atoms with Crippen LogP contribution in [0.2, 0.25) is 0 Å². The first-order chi connectivity index (χ1) is 10.1. The smallest absolute Gasteiger partial charge is 0.125 e. The lowest BCUT2D eigenvalue weighted by Gasteiger charge is -2.14. The van der Waals surface area contributed by atoms with Gasteiger partial charge in [-0.3, -0.25) is 0 Å². The maximum Gasteiger partial charge on any atom is 0.125 e. The second kappa shape index (κ2) is 6.51. The molecule has 0 aliphatic carbocycles. The fraction of sp³-hybridized carbons (Fsp3) is 0.294. The Hall–Kier alpha value is -0.840. The van der Waals surface area contributed by atoms with Gasteiger partial charge in [0.2, 0.25) is 0 Å². The van der Waals surface area contributed by atoms with E-state index in [1.54, 1.807) is 0 Å². The minimum atomic E-state index is -0.409. The normalized spacial score (nSPS) is 14.6. The van der Waals surface area contributed by atoms with E-state index in [-0.39, 0.29) is 0 Å². The first-order valence-corrected chi connectivity index (χ1v) is 8.57. The number of aliphatic hydroxyl groups excluding tert-OH is 1. The summed E-state index contributed by atoms with van der Waals surface area (Å²) in [5.41, 5.74) is 3.45. The molecule has 0 saturated carbocycles. The lowest BCUT2D eigenvalue weighted by Crippen LogP contribution is -2.14. The Labute approximate surface area is 141 Å². The topological polar surface area (TPSA) is 29.5 Å². The molecule has 0 spiro atoms. The third kappa shape index (κ3) is 3.68. The van der Waals surface area contributed by atoms with Gasteiger partial charge in [0.25, 0.3) is 0 Å². The summed E-state index contributed by atoms with van der Waals surface area (Å²) < 4.78 is 7.82. The monoisotopic (exact) mass is 410 g/mol. The van der Waals surface area contributed by atoms with E-state index in [9.17, 15) is 5.11 Å². The molecule has 0 radical (unpaired) electrons. The van der Waals surface area contributed by atoms with Gasteiger partial charge in [0.1, 0.15) is 5.75 Å². The highest BCUT2D eigenvalue weighted by Crippen LogP contribution is 2.34. The van der Waals surface area contributed by atoms with Crippen molar-refractivity contribution in [3.05, 3.63) is 62.0 Å². The summed E-state index contributed by atoms with van der Waals surface area (Å²) in [7, 11) is 0. The largest absolute Gasteiger partial charge is 0.493 e. The molecule has 1 N–H and O–H groups in total. The first-order valence-electron chi connectivity index (χ1n) is 6.98. The molecule has 1 heterocycles. The highest BCUT2D eigenvalue weighted by Gasteiger charge is 2.19. The molecular weight excluding hydrogens is 396 g/mol. The van der Waals surface area contributed by atoms with Crippen LogP contribution < -0.4 is 4.74 Å². The van der Waals surface area contributed by atoms with Crippen LogP contribution in [0, 0.1) is 0 Å². The third-order valence-corrected chi connectivity index (χ3v) is 4.65. The van der Waals surface area contributed by atoms with Crippen LogP contribution in [-0.2, 0) is 19.3 Å². The Bertz CT molecular complexity index is 638. The van der Waals surface area contributed by atoms with Crippen molar-refractivity contribution < 1.29 is 9.84 Å². The van der Waals surface area contributed by atoms with Crippen molar-refractivity contribution >= 4 is 31.9 Å². The van der Waals surface area contributed by atoms with Crippen molar-refractivity contribution in [2.45, 2.75) is 25.4 Å². The molecule has 4 heteroatoms. The molecule has 3 rings (SSSR count). The summed E-state index contributed by atoms with van der Waals surface area (Å²) >= 11 is 6.96. The zero-order chi connectivity index (χ0) is 14.8. The van der Waals surface area contributed by atoms with E-state index in [4.69, 9.17) is 4.74 Å². The number of fused-ring (bicyclic) bond motifs is 1. The van der Waals surface area contributed by atoms with Crippen LogP contribution in [0.5, 0.6) is 5.75 Å². The molecule has 0 amide bonds. The SMILES string of the molecule is OC(Cc1ccc(Br)cc1)Cc1cc(Br)cc2c1OCC2. The van der Waals surface area contributed by atoms with Crippen LogP contribution >= 0.6 is 31.9 Å². The average Bonchev–Trinajstić information content (AvgIpc) is 2.89. The predicted molar refractivity (Wildman–Crippen MR) is 90.9 cm³/mol. The van der Waals surface area contributed by atoms with E-state index < -0.39 is 6.10 Å².